The minimum absolute atomic E-state index is 0.0913. The SMILES string of the molecule is CC/C=C\C/C=C\C/C=C\CCCCCCCC(=O)O[C@H](COC(=O)CCCCCCC/C=C\C/C=C\CCCCC)COC(=O)CCCCCCC/C=C\CCCCCCCCC. The summed E-state index contributed by atoms with van der Waals surface area (Å²) in [4.78, 5) is 38.0. The quantitative estimate of drug-likeness (QED) is 0.0262. The molecule has 0 aliphatic heterocycles. The summed E-state index contributed by atoms with van der Waals surface area (Å²) in [5.74, 6) is -0.926. The Morgan fingerprint density at radius 2 is 0.609 bits per heavy atom. The van der Waals surface area contributed by atoms with Crippen molar-refractivity contribution in [3.05, 3.63) is 72.9 Å². The number of carbonyl (C=O) groups excluding carboxylic acids is 3. The Kier molecular flexibility index (Phi) is 49.9. The van der Waals surface area contributed by atoms with Gasteiger partial charge < -0.3 is 14.2 Å². The number of esters is 3. The van der Waals surface area contributed by atoms with Crippen LogP contribution in [0, 0.1) is 0 Å². The average Bonchev–Trinajstić information content (AvgIpc) is 3.29. The third-order valence-electron chi connectivity index (χ3n) is 11.4. The normalized spacial score (nSPS) is 12.6. The van der Waals surface area contributed by atoms with Crippen molar-refractivity contribution in [2.75, 3.05) is 13.2 Å². The summed E-state index contributed by atoms with van der Waals surface area (Å²) in [7, 11) is 0. The molecule has 0 saturated carbocycles. The molecule has 0 aromatic heterocycles. The molecule has 0 aliphatic rings. The van der Waals surface area contributed by atoms with Crippen LogP contribution in [0.5, 0.6) is 0 Å². The summed E-state index contributed by atoms with van der Waals surface area (Å²) >= 11 is 0. The molecule has 0 spiro atoms. The fourth-order valence-electron chi connectivity index (χ4n) is 7.36. The zero-order valence-corrected chi connectivity index (χ0v) is 42.0. The van der Waals surface area contributed by atoms with E-state index in [1.807, 2.05) is 0 Å². The van der Waals surface area contributed by atoms with E-state index in [9.17, 15) is 14.4 Å². The zero-order chi connectivity index (χ0) is 46.5. The van der Waals surface area contributed by atoms with Gasteiger partial charge in [0, 0.05) is 19.3 Å². The molecular formula is C58H100O6. The molecule has 6 heteroatoms. The zero-order valence-electron chi connectivity index (χ0n) is 42.0. The topological polar surface area (TPSA) is 78.9 Å². The highest BCUT2D eigenvalue weighted by molar-refractivity contribution is 5.71. The molecule has 0 N–H and O–H groups in total. The van der Waals surface area contributed by atoms with Crippen molar-refractivity contribution in [1.82, 2.24) is 0 Å². The van der Waals surface area contributed by atoms with Crippen LogP contribution >= 0.6 is 0 Å². The first kappa shape index (κ1) is 60.9. The van der Waals surface area contributed by atoms with Crippen LogP contribution in [0.25, 0.3) is 0 Å². The third-order valence-corrected chi connectivity index (χ3v) is 11.4. The summed E-state index contributed by atoms with van der Waals surface area (Å²) in [6.45, 7) is 6.47. The predicted molar refractivity (Wildman–Crippen MR) is 274 cm³/mol. The van der Waals surface area contributed by atoms with Crippen LogP contribution in [-0.2, 0) is 28.6 Å². The number of hydrogen-bond acceptors (Lipinski definition) is 6. The van der Waals surface area contributed by atoms with Gasteiger partial charge in [-0.1, -0.05) is 203 Å². The molecule has 0 rings (SSSR count). The van der Waals surface area contributed by atoms with Crippen LogP contribution in [0.2, 0.25) is 0 Å². The molecule has 0 aromatic rings. The highest BCUT2D eigenvalue weighted by Crippen LogP contribution is 2.14. The first-order valence-corrected chi connectivity index (χ1v) is 26.9. The van der Waals surface area contributed by atoms with Gasteiger partial charge in [-0.05, 0) is 109 Å². The van der Waals surface area contributed by atoms with Crippen LogP contribution in [-0.4, -0.2) is 37.2 Å². The van der Waals surface area contributed by atoms with Gasteiger partial charge >= 0.3 is 17.9 Å². The Morgan fingerprint density at radius 3 is 1.00 bits per heavy atom. The van der Waals surface area contributed by atoms with Crippen LogP contribution in [0.1, 0.15) is 258 Å². The minimum atomic E-state index is -0.793. The largest absolute Gasteiger partial charge is 0.462 e. The van der Waals surface area contributed by atoms with Crippen molar-refractivity contribution >= 4 is 17.9 Å². The second-order valence-electron chi connectivity index (χ2n) is 17.7. The van der Waals surface area contributed by atoms with Gasteiger partial charge in [0.2, 0.25) is 0 Å². The van der Waals surface area contributed by atoms with Gasteiger partial charge in [-0.15, -0.1) is 0 Å². The summed E-state index contributed by atoms with van der Waals surface area (Å²) in [6.07, 6.45) is 65.9. The molecule has 0 bridgehead atoms. The monoisotopic (exact) mass is 893 g/mol. The first-order chi connectivity index (χ1) is 31.5. The van der Waals surface area contributed by atoms with Crippen LogP contribution < -0.4 is 0 Å². The number of unbranched alkanes of at least 4 members (excludes halogenated alkanes) is 25. The number of hydrogen-bond donors (Lipinski definition) is 0. The van der Waals surface area contributed by atoms with E-state index < -0.39 is 6.10 Å². The van der Waals surface area contributed by atoms with E-state index in [4.69, 9.17) is 14.2 Å². The van der Waals surface area contributed by atoms with Crippen LogP contribution in [0.15, 0.2) is 72.9 Å². The molecule has 0 amide bonds. The highest BCUT2D eigenvalue weighted by Gasteiger charge is 2.19. The van der Waals surface area contributed by atoms with E-state index in [1.54, 1.807) is 0 Å². The lowest BCUT2D eigenvalue weighted by atomic mass is 10.1. The van der Waals surface area contributed by atoms with Gasteiger partial charge in [0.15, 0.2) is 6.10 Å². The van der Waals surface area contributed by atoms with Gasteiger partial charge in [0.05, 0.1) is 0 Å². The molecule has 0 unspecified atom stereocenters. The Morgan fingerprint density at radius 1 is 0.328 bits per heavy atom. The van der Waals surface area contributed by atoms with Crippen molar-refractivity contribution in [1.29, 1.82) is 0 Å². The maximum atomic E-state index is 12.8. The lowest BCUT2D eigenvalue weighted by Crippen LogP contribution is -2.30. The molecular weight excluding hydrogens is 793 g/mol. The molecule has 368 valence electrons. The number of allylic oxidation sites excluding steroid dienone is 12. The lowest BCUT2D eigenvalue weighted by molar-refractivity contribution is -0.167. The van der Waals surface area contributed by atoms with Crippen molar-refractivity contribution in [2.45, 2.75) is 264 Å². The lowest BCUT2D eigenvalue weighted by Gasteiger charge is -2.18. The maximum absolute atomic E-state index is 12.8. The van der Waals surface area contributed by atoms with E-state index in [2.05, 4.69) is 93.7 Å². The number of carbonyl (C=O) groups is 3. The van der Waals surface area contributed by atoms with Gasteiger partial charge in [0.25, 0.3) is 0 Å². The summed E-state index contributed by atoms with van der Waals surface area (Å²) in [5, 5.41) is 0. The molecule has 0 radical (unpaired) electrons. The molecule has 6 nitrogen and oxygen atoms in total. The van der Waals surface area contributed by atoms with Crippen LogP contribution in [0.4, 0.5) is 0 Å². The van der Waals surface area contributed by atoms with E-state index in [0.29, 0.717) is 19.3 Å². The van der Waals surface area contributed by atoms with E-state index in [0.717, 1.165) is 128 Å². The van der Waals surface area contributed by atoms with Gasteiger partial charge in [-0.2, -0.15) is 0 Å². The van der Waals surface area contributed by atoms with E-state index in [-0.39, 0.29) is 31.1 Å². The molecule has 0 saturated heterocycles. The summed E-state index contributed by atoms with van der Waals surface area (Å²) in [6, 6.07) is 0. The second-order valence-corrected chi connectivity index (χ2v) is 17.7. The Hall–Kier alpha value is -3.15. The van der Waals surface area contributed by atoms with Gasteiger partial charge in [0.1, 0.15) is 13.2 Å². The number of rotatable bonds is 48. The van der Waals surface area contributed by atoms with E-state index >= 15 is 0 Å². The Balaban J connectivity index is 4.44. The third kappa shape index (κ3) is 49.9. The van der Waals surface area contributed by atoms with Crippen LogP contribution in [0.3, 0.4) is 0 Å². The maximum Gasteiger partial charge on any atom is 0.306 e. The predicted octanol–water partition coefficient (Wildman–Crippen LogP) is 17.8. The van der Waals surface area contributed by atoms with Gasteiger partial charge in [-0.25, -0.2) is 0 Å². The molecule has 0 heterocycles. The summed E-state index contributed by atoms with van der Waals surface area (Å²) in [5.41, 5.74) is 0. The van der Waals surface area contributed by atoms with Crippen molar-refractivity contribution in [3.8, 4) is 0 Å². The minimum Gasteiger partial charge on any atom is -0.462 e. The fourth-order valence-corrected chi connectivity index (χ4v) is 7.36. The second kappa shape index (κ2) is 52.5. The highest BCUT2D eigenvalue weighted by atomic mass is 16.6. The smallest absolute Gasteiger partial charge is 0.306 e. The average molecular weight is 893 g/mol. The van der Waals surface area contributed by atoms with Crippen molar-refractivity contribution < 1.29 is 28.6 Å². The molecule has 0 aliphatic carbocycles. The Bertz CT molecular complexity index is 1210. The van der Waals surface area contributed by atoms with Gasteiger partial charge in [-0.3, -0.25) is 14.4 Å². The molecule has 1 atom stereocenters. The Labute approximate surface area is 395 Å². The number of ether oxygens (including phenoxy) is 3. The summed E-state index contributed by atoms with van der Waals surface area (Å²) < 4.78 is 16.8. The van der Waals surface area contributed by atoms with Crippen molar-refractivity contribution in [2.24, 2.45) is 0 Å². The standard InChI is InChI=1S/C58H100O6/c1-4-7-10-13-16-19-22-25-28-31-33-36-39-42-45-48-51-57(60)63-54-55(64-58(61)52-49-46-43-40-37-34-30-27-24-21-18-15-12-9-6-3)53-62-56(59)50-47-44-41-38-35-32-29-26-23-20-17-14-11-8-5-2/h9,12,17-18,20-21,26-31,55H,4-8,10-11,13-16,19,22-25,32-54H2,1-3H3/b12-9-,20-17-,21-18-,29-26-,30-27-,31-28-/t55-/m1/s1. The van der Waals surface area contributed by atoms with Crippen molar-refractivity contribution in [3.63, 3.8) is 0 Å². The molecule has 64 heavy (non-hydrogen) atoms. The fraction of sp³-hybridized carbons (Fsp3) is 0.741. The molecule has 0 fully saturated rings. The first-order valence-electron chi connectivity index (χ1n) is 26.9. The van der Waals surface area contributed by atoms with E-state index in [1.165, 1.54) is 89.9 Å². The molecule has 0 aromatic carbocycles.